The first-order chi connectivity index (χ1) is 16.5. The summed E-state index contributed by atoms with van der Waals surface area (Å²) in [5.74, 6) is 0.255. The maximum atomic E-state index is 12.5. The van der Waals surface area contributed by atoms with Gasteiger partial charge in [-0.1, -0.05) is 66.2 Å². The van der Waals surface area contributed by atoms with Crippen molar-refractivity contribution in [1.29, 1.82) is 0 Å². The number of halogens is 1. The van der Waals surface area contributed by atoms with Gasteiger partial charge in [0.1, 0.15) is 12.4 Å². The maximum absolute atomic E-state index is 12.5. The Morgan fingerprint density at radius 3 is 2.56 bits per heavy atom. The van der Waals surface area contributed by atoms with Gasteiger partial charge in [0, 0.05) is 10.6 Å². The first-order valence-electron chi connectivity index (χ1n) is 10.8. The minimum absolute atomic E-state index is 0.00686. The lowest BCUT2D eigenvalue weighted by Crippen LogP contribution is -2.33. The van der Waals surface area contributed by atoms with Gasteiger partial charge in [0.25, 0.3) is 0 Å². The summed E-state index contributed by atoms with van der Waals surface area (Å²) in [4.78, 5) is 24.4. The van der Waals surface area contributed by atoms with Crippen LogP contribution in [0.2, 0.25) is 5.02 Å². The van der Waals surface area contributed by atoms with Crippen molar-refractivity contribution < 1.29 is 19.1 Å². The van der Waals surface area contributed by atoms with E-state index in [4.69, 9.17) is 21.1 Å². The molecule has 34 heavy (non-hydrogen) atoms. The zero-order valence-corrected chi connectivity index (χ0v) is 19.5. The Labute approximate surface area is 203 Å². The van der Waals surface area contributed by atoms with E-state index in [0.29, 0.717) is 22.9 Å². The van der Waals surface area contributed by atoms with Crippen LogP contribution in [0.5, 0.6) is 5.75 Å². The molecule has 0 aliphatic heterocycles. The number of carbonyl (C=O) groups is 2. The third-order valence-electron chi connectivity index (χ3n) is 4.75. The first kappa shape index (κ1) is 24.8. The monoisotopic (exact) mass is 479 g/mol. The molecule has 8 heteroatoms. The molecule has 0 saturated heterocycles. The van der Waals surface area contributed by atoms with E-state index in [1.54, 1.807) is 13.0 Å². The minimum atomic E-state index is -0.585. The predicted octanol–water partition coefficient (Wildman–Crippen LogP) is 5.25. The van der Waals surface area contributed by atoms with E-state index in [2.05, 4.69) is 15.8 Å². The summed E-state index contributed by atoms with van der Waals surface area (Å²) in [6.45, 7) is 2.30. The molecule has 1 atom stereocenters. The molecule has 0 unspecified atom stereocenters. The molecule has 176 valence electrons. The second-order valence-corrected chi connectivity index (χ2v) is 7.72. The third-order valence-corrected chi connectivity index (χ3v) is 4.99. The summed E-state index contributed by atoms with van der Waals surface area (Å²) in [6.07, 6.45) is 0.924. The summed E-state index contributed by atoms with van der Waals surface area (Å²) in [7, 11) is 0. The van der Waals surface area contributed by atoms with E-state index >= 15 is 0 Å². The van der Waals surface area contributed by atoms with Crippen molar-refractivity contribution in [3.63, 3.8) is 0 Å². The zero-order chi connectivity index (χ0) is 24.2. The number of benzene rings is 3. The highest BCUT2D eigenvalue weighted by Crippen LogP contribution is 2.19. The Morgan fingerprint density at radius 2 is 1.79 bits per heavy atom. The Hall–Kier alpha value is -3.84. The van der Waals surface area contributed by atoms with Gasteiger partial charge in [0.15, 0.2) is 0 Å². The molecule has 0 fully saturated rings. The van der Waals surface area contributed by atoms with Crippen LogP contribution >= 0.6 is 11.6 Å². The van der Waals surface area contributed by atoms with Crippen LogP contribution in [-0.4, -0.2) is 24.8 Å². The molecule has 7 nitrogen and oxygen atoms in total. The number of nitrogens with zero attached hydrogens (tertiary/aromatic N) is 1. The van der Waals surface area contributed by atoms with E-state index in [0.717, 1.165) is 11.1 Å². The molecular formula is C26H26ClN3O4. The van der Waals surface area contributed by atoms with Gasteiger partial charge in [0.05, 0.1) is 25.3 Å². The number of hydrazone groups is 1. The SMILES string of the molecule is CCOC(=O)N[C@@H](CC(=O)N/N=C\c1ccccc1OCc1cccc(Cl)c1)c1ccccc1. The molecule has 0 spiro atoms. The number of nitrogens with one attached hydrogen (secondary N) is 2. The van der Waals surface area contributed by atoms with Crippen molar-refractivity contribution in [3.8, 4) is 5.75 Å². The molecule has 0 aromatic heterocycles. The molecule has 3 aromatic carbocycles. The molecule has 3 aromatic rings. The highest BCUT2D eigenvalue weighted by Gasteiger charge is 2.18. The zero-order valence-electron chi connectivity index (χ0n) is 18.7. The molecule has 3 rings (SSSR count). The van der Waals surface area contributed by atoms with Crippen LogP contribution < -0.4 is 15.5 Å². The third kappa shape index (κ3) is 7.94. The predicted molar refractivity (Wildman–Crippen MR) is 132 cm³/mol. The molecule has 0 heterocycles. The standard InChI is InChI=1S/C26H26ClN3O4/c1-2-33-26(32)29-23(20-10-4-3-5-11-20)16-25(31)30-28-17-21-12-6-7-14-24(21)34-18-19-9-8-13-22(27)15-19/h3-15,17,23H,2,16,18H2,1H3,(H,29,32)(H,30,31)/b28-17-/t23-/m0/s1. The average molecular weight is 480 g/mol. The van der Waals surface area contributed by atoms with Gasteiger partial charge < -0.3 is 14.8 Å². The van der Waals surface area contributed by atoms with Crippen LogP contribution in [-0.2, 0) is 16.1 Å². The van der Waals surface area contributed by atoms with E-state index < -0.39 is 12.1 Å². The van der Waals surface area contributed by atoms with E-state index in [1.807, 2.05) is 72.8 Å². The maximum Gasteiger partial charge on any atom is 0.407 e. The number of amides is 2. The lowest BCUT2D eigenvalue weighted by molar-refractivity contribution is -0.121. The van der Waals surface area contributed by atoms with Gasteiger partial charge in [0.2, 0.25) is 5.91 Å². The summed E-state index contributed by atoms with van der Waals surface area (Å²) in [5, 5.41) is 7.42. The van der Waals surface area contributed by atoms with Crippen molar-refractivity contribution in [1.82, 2.24) is 10.7 Å². The van der Waals surface area contributed by atoms with Crippen molar-refractivity contribution in [3.05, 3.63) is 101 Å². The Balaban J connectivity index is 1.60. The van der Waals surface area contributed by atoms with Crippen molar-refractivity contribution in [2.45, 2.75) is 26.0 Å². The van der Waals surface area contributed by atoms with Gasteiger partial charge >= 0.3 is 6.09 Å². The Bertz CT molecular complexity index is 1120. The second kappa shape index (κ2) is 13.0. The summed E-state index contributed by atoms with van der Waals surface area (Å²) in [5.41, 5.74) is 4.94. The molecule has 0 bridgehead atoms. The van der Waals surface area contributed by atoms with Crippen LogP contribution in [0.3, 0.4) is 0 Å². The lowest BCUT2D eigenvalue weighted by atomic mass is 10.0. The number of para-hydroxylation sites is 1. The number of alkyl carbamates (subject to hydrolysis) is 1. The fraction of sp³-hybridized carbons (Fsp3) is 0.192. The molecule has 2 amide bonds. The summed E-state index contributed by atoms with van der Waals surface area (Å²) < 4.78 is 10.9. The van der Waals surface area contributed by atoms with Crippen LogP contribution in [0.4, 0.5) is 4.79 Å². The number of ether oxygens (including phenoxy) is 2. The smallest absolute Gasteiger partial charge is 0.407 e. The summed E-state index contributed by atoms with van der Waals surface area (Å²) >= 11 is 6.03. The molecule has 0 saturated carbocycles. The van der Waals surface area contributed by atoms with Crippen LogP contribution in [0.15, 0.2) is 84.0 Å². The van der Waals surface area contributed by atoms with Gasteiger partial charge in [-0.25, -0.2) is 10.2 Å². The van der Waals surface area contributed by atoms with E-state index in [-0.39, 0.29) is 18.9 Å². The van der Waals surface area contributed by atoms with Crippen molar-refractivity contribution in [2.75, 3.05) is 6.61 Å². The molecular weight excluding hydrogens is 454 g/mol. The average Bonchev–Trinajstić information content (AvgIpc) is 2.84. The van der Waals surface area contributed by atoms with Gasteiger partial charge in [-0.15, -0.1) is 0 Å². The van der Waals surface area contributed by atoms with E-state index in [1.165, 1.54) is 6.21 Å². The molecule has 0 radical (unpaired) electrons. The first-order valence-corrected chi connectivity index (χ1v) is 11.2. The number of hydrogen-bond donors (Lipinski definition) is 2. The minimum Gasteiger partial charge on any atom is -0.488 e. The number of carbonyl (C=O) groups excluding carboxylic acids is 2. The molecule has 0 aliphatic carbocycles. The number of rotatable bonds is 10. The Kier molecular flexibility index (Phi) is 9.49. The van der Waals surface area contributed by atoms with Crippen molar-refractivity contribution in [2.24, 2.45) is 5.10 Å². The fourth-order valence-corrected chi connectivity index (χ4v) is 3.38. The van der Waals surface area contributed by atoms with E-state index in [9.17, 15) is 9.59 Å². The normalized spacial score (nSPS) is 11.6. The highest BCUT2D eigenvalue weighted by molar-refractivity contribution is 6.30. The fourth-order valence-electron chi connectivity index (χ4n) is 3.16. The largest absolute Gasteiger partial charge is 0.488 e. The van der Waals surface area contributed by atoms with Gasteiger partial charge in [-0.2, -0.15) is 5.10 Å². The molecule has 0 aliphatic rings. The van der Waals surface area contributed by atoms with Crippen LogP contribution in [0.1, 0.15) is 36.1 Å². The van der Waals surface area contributed by atoms with Crippen LogP contribution in [0, 0.1) is 0 Å². The summed E-state index contributed by atoms with van der Waals surface area (Å²) in [6, 6.07) is 23.5. The second-order valence-electron chi connectivity index (χ2n) is 7.28. The quantitative estimate of drug-likeness (QED) is 0.307. The van der Waals surface area contributed by atoms with Gasteiger partial charge in [-0.3, -0.25) is 4.79 Å². The topological polar surface area (TPSA) is 89.0 Å². The number of hydrogen-bond acceptors (Lipinski definition) is 5. The van der Waals surface area contributed by atoms with Crippen molar-refractivity contribution >= 4 is 29.8 Å². The molecule has 2 N–H and O–H groups in total. The van der Waals surface area contributed by atoms with Gasteiger partial charge in [-0.05, 0) is 42.3 Å². The lowest BCUT2D eigenvalue weighted by Gasteiger charge is -2.18. The highest BCUT2D eigenvalue weighted by atomic mass is 35.5. The van der Waals surface area contributed by atoms with Crippen LogP contribution in [0.25, 0.3) is 0 Å². The Morgan fingerprint density at radius 1 is 1.03 bits per heavy atom.